The molecule has 2 N–H and O–H groups in total. The third-order valence-electron chi connectivity index (χ3n) is 3.61. The first-order chi connectivity index (χ1) is 11.1. The van der Waals surface area contributed by atoms with E-state index in [0.717, 1.165) is 18.7 Å². The lowest BCUT2D eigenvalue weighted by Crippen LogP contribution is -2.23. The summed E-state index contributed by atoms with van der Waals surface area (Å²) in [5.74, 6) is -0.234. The topological polar surface area (TPSA) is 61.4 Å². The molecule has 1 aliphatic heterocycles. The summed E-state index contributed by atoms with van der Waals surface area (Å²) in [7, 11) is 0. The van der Waals surface area contributed by atoms with Crippen molar-refractivity contribution in [3.8, 4) is 0 Å². The fourth-order valence-electron chi connectivity index (χ4n) is 2.47. The van der Waals surface area contributed by atoms with Crippen molar-refractivity contribution in [2.75, 3.05) is 22.1 Å². The van der Waals surface area contributed by atoms with Gasteiger partial charge in [-0.25, -0.2) is 9.18 Å². The van der Waals surface area contributed by atoms with Crippen molar-refractivity contribution in [3.63, 3.8) is 0 Å². The van der Waals surface area contributed by atoms with Crippen molar-refractivity contribution in [2.45, 2.75) is 12.8 Å². The zero-order valence-corrected chi connectivity index (χ0v) is 12.4. The number of hydrogen-bond donors (Lipinski definition) is 2. The Morgan fingerprint density at radius 1 is 0.957 bits per heavy atom. The molecule has 1 fully saturated rings. The minimum Gasteiger partial charge on any atom is -0.312 e. The molecule has 3 rings (SSSR count). The molecule has 1 aliphatic rings. The lowest BCUT2D eigenvalue weighted by atomic mass is 10.2. The third-order valence-corrected chi connectivity index (χ3v) is 3.61. The van der Waals surface area contributed by atoms with Gasteiger partial charge < -0.3 is 15.5 Å². The molecule has 118 valence electrons. The van der Waals surface area contributed by atoms with E-state index in [0.29, 0.717) is 17.8 Å². The molecular formula is C17H16FN3O2. The largest absolute Gasteiger partial charge is 0.323 e. The predicted molar refractivity (Wildman–Crippen MR) is 87.1 cm³/mol. The number of hydrogen-bond acceptors (Lipinski definition) is 2. The quantitative estimate of drug-likeness (QED) is 0.909. The van der Waals surface area contributed by atoms with Gasteiger partial charge >= 0.3 is 6.03 Å². The first kappa shape index (κ1) is 15.0. The average Bonchev–Trinajstić information content (AvgIpc) is 2.96. The van der Waals surface area contributed by atoms with Crippen LogP contribution in [0.1, 0.15) is 12.8 Å². The lowest BCUT2D eigenvalue weighted by molar-refractivity contribution is -0.117. The van der Waals surface area contributed by atoms with Crippen molar-refractivity contribution in [3.05, 3.63) is 54.3 Å². The van der Waals surface area contributed by atoms with Crippen LogP contribution in [0.4, 0.5) is 26.2 Å². The van der Waals surface area contributed by atoms with Crippen LogP contribution in [0.5, 0.6) is 0 Å². The Morgan fingerprint density at radius 3 is 2.04 bits per heavy atom. The van der Waals surface area contributed by atoms with Crippen molar-refractivity contribution in [2.24, 2.45) is 0 Å². The van der Waals surface area contributed by atoms with Gasteiger partial charge in [0, 0.05) is 30.0 Å². The van der Waals surface area contributed by atoms with Gasteiger partial charge in [0.05, 0.1) is 0 Å². The monoisotopic (exact) mass is 313 g/mol. The number of benzene rings is 2. The summed E-state index contributed by atoms with van der Waals surface area (Å²) >= 11 is 0. The van der Waals surface area contributed by atoms with E-state index in [2.05, 4.69) is 10.6 Å². The number of nitrogens with zero attached hydrogens (tertiary/aromatic N) is 1. The Kier molecular flexibility index (Phi) is 4.23. The summed E-state index contributed by atoms with van der Waals surface area (Å²) in [6.07, 6.45) is 1.46. The number of halogens is 1. The van der Waals surface area contributed by atoms with E-state index in [1.165, 1.54) is 24.3 Å². The van der Waals surface area contributed by atoms with E-state index in [1.54, 1.807) is 29.2 Å². The fraction of sp³-hybridized carbons (Fsp3) is 0.176. The van der Waals surface area contributed by atoms with E-state index in [-0.39, 0.29) is 11.7 Å². The lowest BCUT2D eigenvalue weighted by Gasteiger charge is -2.16. The predicted octanol–water partition coefficient (Wildman–Crippen LogP) is 3.60. The van der Waals surface area contributed by atoms with E-state index in [4.69, 9.17) is 0 Å². The molecule has 3 amide bonds. The molecule has 5 nitrogen and oxygen atoms in total. The first-order valence-corrected chi connectivity index (χ1v) is 7.36. The van der Waals surface area contributed by atoms with Gasteiger partial charge in [-0.2, -0.15) is 0 Å². The maximum absolute atomic E-state index is 12.8. The van der Waals surface area contributed by atoms with Crippen LogP contribution in [0.15, 0.2) is 48.5 Å². The molecule has 2 aromatic rings. The number of anilines is 3. The molecule has 0 radical (unpaired) electrons. The standard InChI is InChI=1S/C17H16FN3O2/c18-12-3-5-13(6-4-12)19-17(23)20-14-7-9-15(10-8-14)21-11-1-2-16(21)22/h3-10H,1-2,11H2,(H2,19,20,23). The Hall–Kier alpha value is -2.89. The van der Waals surface area contributed by atoms with Crippen LogP contribution in [-0.4, -0.2) is 18.5 Å². The minimum absolute atomic E-state index is 0.125. The van der Waals surface area contributed by atoms with Crippen LogP contribution in [0.25, 0.3) is 0 Å². The van der Waals surface area contributed by atoms with Crippen LogP contribution in [0.3, 0.4) is 0 Å². The summed E-state index contributed by atoms with van der Waals surface area (Å²) in [6.45, 7) is 0.733. The molecule has 2 aromatic carbocycles. The molecule has 0 aliphatic carbocycles. The Balaban J connectivity index is 1.60. The average molecular weight is 313 g/mol. The molecule has 0 unspecified atom stereocenters. The molecule has 6 heteroatoms. The van der Waals surface area contributed by atoms with E-state index < -0.39 is 6.03 Å². The molecule has 0 atom stereocenters. The normalized spacial score (nSPS) is 14.0. The van der Waals surface area contributed by atoms with Gasteiger partial charge in [-0.1, -0.05) is 0 Å². The van der Waals surface area contributed by atoms with E-state index in [9.17, 15) is 14.0 Å². The molecule has 0 bridgehead atoms. The van der Waals surface area contributed by atoms with Crippen LogP contribution in [0.2, 0.25) is 0 Å². The Morgan fingerprint density at radius 2 is 1.52 bits per heavy atom. The van der Waals surface area contributed by atoms with Gasteiger partial charge in [-0.15, -0.1) is 0 Å². The number of carbonyl (C=O) groups is 2. The summed E-state index contributed by atoms with van der Waals surface area (Å²) < 4.78 is 12.8. The van der Waals surface area contributed by atoms with Gasteiger partial charge in [-0.05, 0) is 55.0 Å². The summed E-state index contributed by atoms with van der Waals surface area (Å²) in [5, 5.41) is 5.30. The zero-order valence-electron chi connectivity index (χ0n) is 12.4. The second kappa shape index (κ2) is 6.48. The number of nitrogens with one attached hydrogen (secondary N) is 2. The van der Waals surface area contributed by atoms with Gasteiger partial charge in [0.1, 0.15) is 5.82 Å². The first-order valence-electron chi connectivity index (χ1n) is 7.36. The smallest absolute Gasteiger partial charge is 0.312 e. The fourth-order valence-corrected chi connectivity index (χ4v) is 2.47. The van der Waals surface area contributed by atoms with Gasteiger partial charge in [0.15, 0.2) is 0 Å². The van der Waals surface area contributed by atoms with Crippen LogP contribution in [-0.2, 0) is 4.79 Å². The highest BCUT2D eigenvalue weighted by molar-refractivity contribution is 6.00. The van der Waals surface area contributed by atoms with Gasteiger partial charge in [0.25, 0.3) is 0 Å². The van der Waals surface area contributed by atoms with Crippen molar-refractivity contribution in [1.82, 2.24) is 0 Å². The van der Waals surface area contributed by atoms with Gasteiger partial charge in [-0.3, -0.25) is 4.79 Å². The van der Waals surface area contributed by atoms with Crippen molar-refractivity contribution in [1.29, 1.82) is 0 Å². The molecule has 1 heterocycles. The van der Waals surface area contributed by atoms with E-state index in [1.807, 2.05) is 0 Å². The molecule has 23 heavy (non-hydrogen) atoms. The highest BCUT2D eigenvalue weighted by atomic mass is 19.1. The van der Waals surface area contributed by atoms with Crippen molar-refractivity contribution < 1.29 is 14.0 Å². The van der Waals surface area contributed by atoms with E-state index >= 15 is 0 Å². The maximum atomic E-state index is 12.8. The summed E-state index contributed by atoms with van der Waals surface area (Å²) in [6, 6.07) is 12.2. The van der Waals surface area contributed by atoms with Crippen LogP contribution >= 0.6 is 0 Å². The number of urea groups is 1. The number of amides is 3. The summed E-state index contributed by atoms with van der Waals surface area (Å²) in [4.78, 5) is 25.3. The molecule has 0 aromatic heterocycles. The zero-order chi connectivity index (χ0) is 16.2. The molecular weight excluding hydrogens is 297 g/mol. The highest BCUT2D eigenvalue weighted by Crippen LogP contribution is 2.23. The molecule has 1 saturated heterocycles. The SMILES string of the molecule is O=C(Nc1ccc(F)cc1)Nc1ccc(N2CCCC2=O)cc1. The highest BCUT2D eigenvalue weighted by Gasteiger charge is 2.21. The number of carbonyl (C=O) groups excluding carboxylic acids is 2. The second-order valence-electron chi connectivity index (χ2n) is 5.28. The van der Waals surface area contributed by atoms with Crippen LogP contribution in [0, 0.1) is 5.82 Å². The minimum atomic E-state index is -0.415. The van der Waals surface area contributed by atoms with Crippen LogP contribution < -0.4 is 15.5 Å². The third kappa shape index (κ3) is 3.66. The maximum Gasteiger partial charge on any atom is 0.323 e. The summed E-state index contributed by atoms with van der Waals surface area (Å²) in [5.41, 5.74) is 1.94. The molecule has 0 saturated carbocycles. The molecule has 0 spiro atoms. The second-order valence-corrected chi connectivity index (χ2v) is 5.28. The van der Waals surface area contributed by atoms with Crippen molar-refractivity contribution >= 4 is 29.0 Å². The Bertz CT molecular complexity index is 714. The van der Waals surface area contributed by atoms with Gasteiger partial charge in [0.2, 0.25) is 5.91 Å². The Labute approximate surface area is 133 Å². The number of rotatable bonds is 3.